The van der Waals surface area contributed by atoms with Crippen molar-refractivity contribution in [3.05, 3.63) is 108 Å². The molecule has 0 radical (unpaired) electrons. The van der Waals surface area contributed by atoms with Gasteiger partial charge in [-0.25, -0.2) is 0 Å². The highest BCUT2D eigenvalue weighted by Crippen LogP contribution is 2.65. The Morgan fingerprint density at radius 3 is 1.11 bits per heavy atom. The van der Waals surface area contributed by atoms with E-state index in [1.165, 1.54) is 107 Å². The molecule has 2 saturated carbocycles. The van der Waals surface area contributed by atoms with Crippen molar-refractivity contribution in [2.75, 3.05) is 9.80 Å². The Kier molecular flexibility index (Phi) is 5.38. The number of hydrogen-bond donors (Lipinski definition) is 0. The molecule has 222 valence electrons. The van der Waals surface area contributed by atoms with Gasteiger partial charge in [-0.1, -0.05) is 124 Å². The van der Waals surface area contributed by atoms with E-state index in [-0.39, 0.29) is 21.9 Å². The van der Waals surface area contributed by atoms with Crippen LogP contribution >= 0.6 is 0 Å². The fourth-order valence-corrected chi connectivity index (χ4v) is 10.7. The zero-order valence-electron chi connectivity index (χ0n) is 26.8. The molecule has 9 rings (SSSR count). The number of para-hydroxylation sites is 2. The van der Waals surface area contributed by atoms with Crippen LogP contribution in [0.3, 0.4) is 0 Å². The van der Waals surface area contributed by atoms with Gasteiger partial charge in [-0.05, 0) is 62.8 Å². The van der Waals surface area contributed by atoms with Gasteiger partial charge in [0.2, 0.25) is 0 Å². The molecule has 5 aromatic rings. The van der Waals surface area contributed by atoms with E-state index >= 15 is 0 Å². The SMILES string of the molecule is CC12CCCCC1(C)N(c1c3ccccc3c(N3c4ccccc4C4(C)CCCCC34C)c3ccccc13)c1ccccc12. The molecule has 2 aliphatic heterocycles. The van der Waals surface area contributed by atoms with Crippen molar-refractivity contribution < 1.29 is 0 Å². The van der Waals surface area contributed by atoms with Gasteiger partial charge in [-0.3, -0.25) is 0 Å². The van der Waals surface area contributed by atoms with Crippen molar-refractivity contribution in [3.63, 3.8) is 0 Å². The number of benzene rings is 5. The molecule has 4 aliphatic rings. The smallest absolute Gasteiger partial charge is 0.0577 e. The minimum Gasteiger partial charge on any atom is -0.333 e. The lowest BCUT2D eigenvalue weighted by Gasteiger charge is -2.52. The summed E-state index contributed by atoms with van der Waals surface area (Å²) in [6.45, 7) is 10.2. The molecule has 0 bridgehead atoms. The van der Waals surface area contributed by atoms with Gasteiger partial charge in [0.1, 0.15) is 0 Å². The van der Waals surface area contributed by atoms with E-state index in [9.17, 15) is 0 Å². The molecule has 2 fully saturated rings. The van der Waals surface area contributed by atoms with Crippen molar-refractivity contribution >= 4 is 44.3 Å². The second-order valence-electron chi connectivity index (χ2n) is 15.1. The maximum absolute atomic E-state index is 2.81. The zero-order valence-corrected chi connectivity index (χ0v) is 26.8. The summed E-state index contributed by atoms with van der Waals surface area (Å²) in [6, 6.07) is 37.4. The summed E-state index contributed by atoms with van der Waals surface area (Å²) in [6.07, 6.45) is 10.1. The number of hydrogen-bond acceptors (Lipinski definition) is 2. The third-order valence-electron chi connectivity index (χ3n) is 13.3. The summed E-state index contributed by atoms with van der Waals surface area (Å²) in [5.74, 6) is 0. The number of fused-ring (bicyclic) bond motifs is 8. The molecule has 2 nitrogen and oxygen atoms in total. The van der Waals surface area contributed by atoms with Crippen molar-refractivity contribution in [2.24, 2.45) is 0 Å². The Morgan fingerprint density at radius 1 is 0.409 bits per heavy atom. The minimum absolute atomic E-state index is 0.0101. The number of rotatable bonds is 2. The van der Waals surface area contributed by atoms with Crippen molar-refractivity contribution in [1.29, 1.82) is 0 Å². The van der Waals surface area contributed by atoms with Crippen molar-refractivity contribution in [3.8, 4) is 0 Å². The number of nitrogens with zero attached hydrogens (tertiary/aromatic N) is 2. The summed E-state index contributed by atoms with van der Waals surface area (Å²) in [4.78, 5) is 5.61. The molecule has 0 spiro atoms. The minimum atomic E-state index is 0.0101. The highest BCUT2D eigenvalue weighted by Gasteiger charge is 2.59. The van der Waals surface area contributed by atoms with Crippen molar-refractivity contribution in [2.45, 2.75) is 101 Å². The first kappa shape index (κ1) is 26.6. The molecule has 2 heteroatoms. The quantitative estimate of drug-likeness (QED) is 0.193. The third-order valence-corrected chi connectivity index (χ3v) is 13.3. The van der Waals surface area contributed by atoms with Crippen LogP contribution < -0.4 is 9.80 Å². The standard InChI is InChI=1S/C42H44N2/c1-39-25-13-15-27-41(39,3)43(35-23-11-9-21-33(35)39)37-29-17-5-7-19-31(29)38(32-20-8-6-18-30(32)37)44-36-24-12-10-22-34(36)40(2)26-14-16-28-42(40,44)4/h5-12,17-24H,13-16,25-28H2,1-4H3. The highest BCUT2D eigenvalue weighted by molar-refractivity contribution is 6.22. The molecule has 44 heavy (non-hydrogen) atoms. The van der Waals surface area contributed by atoms with Gasteiger partial charge in [-0.15, -0.1) is 0 Å². The molecule has 0 N–H and O–H groups in total. The maximum atomic E-state index is 2.81. The lowest BCUT2D eigenvalue weighted by atomic mass is 9.61. The first-order valence-corrected chi connectivity index (χ1v) is 17.1. The van der Waals surface area contributed by atoms with E-state index in [0.29, 0.717) is 0 Å². The second-order valence-corrected chi connectivity index (χ2v) is 15.1. The average molecular weight is 577 g/mol. The van der Waals surface area contributed by atoms with Crippen LogP contribution in [-0.2, 0) is 10.8 Å². The van der Waals surface area contributed by atoms with Crippen LogP contribution in [0.15, 0.2) is 97.1 Å². The lowest BCUT2D eigenvalue weighted by Crippen LogP contribution is -2.55. The Hall–Kier alpha value is -3.78. The first-order chi connectivity index (χ1) is 21.3. The predicted molar refractivity (Wildman–Crippen MR) is 187 cm³/mol. The molecular formula is C42H44N2. The van der Waals surface area contributed by atoms with Gasteiger partial charge >= 0.3 is 0 Å². The normalized spacial score (nSPS) is 30.7. The Morgan fingerprint density at radius 2 is 0.727 bits per heavy atom. The molecule has 0 aromatic heterocycles. The fraction of sp³-hybridized carbons (Fsp3) is 0.381. The van der Waals surface area contributed by atoms with Crippen LogP contribution in [0.2, 0.25) is 0 Å². The van der Waals surface area contributed by atoms with E-state index in [0.717, 1.165) is 0 Å². The van der Waals surface area contributed by atoms with Gasteiger partial charge in [0.25, 0.3) is 0 Å². The third kappa shape index (κ3) is 3.03. The Labute approximate surface area is 262 Å². The van der Waals surface area contributed by atoms with Crippen LogP contribution in [0.1, 0.15) is 90.2 Å². The molecule has 0 saturated heterocycles. The van der Waals surface area contributed by atoms with E-state index in [1.807, 2.05) is 0 Å². The lowest BCUT2D eigenvalue weighted by molar-refractivity contribution is 0.195. The highest BCUT2D eigenvalue weighted by atomic mass is 15.3. The Balaban J connectivity index is 1.40. The Bertz CT molecular complexity index is 1780. The molecule has 2 heterocycles. The van der Waals surface area contributed by atoms with E-state index in [2.05, 4.69) is 135 Å². The predicted octanol–water partition coefficient (Wildman–Crippen LogP) is 11.5. The van der Waals surface area contributed by atoms with Crippen LogP contribution in [0, 0.1) is 0 Å². The van der Waals surface area contributed by atoms with Crippen molar-refractivity contribution in [1.82, 2.24) is 0 Å². The fourth-order valence-electron chi connectivity index (χ4n) is 10.7. The van der Waals surface area contributed by atoms with Crippen LogP contribution in [-0.4, -0.2) is 11.1 Å². The molecule has 4 atom stereocenters. The zero-order chi connectivity index (χ0) is 29.9. The summed E-state index contributed by atoms with van der Waals surface area (Å²) in [5, 5.41) is 5.49. The second kappa shape index (κ2) is 8.90. The molecule has 5 aromatic carbocycles. The van der Waals surface area contributed by atoms with Gasteiger partial charge in [0, 0.05) is 43.7 Å². The summed E-state index contributed by atoms with van der Waals surface area (Å²) in [5.41, 5.74) is 8.90. The molecular weight excluding hydrogens is 532 g/mol. The average Bonchev–Trinajstić information content (AvgIpc) is 3.39. The van der Waals surface area contributed by atoms with Crippen LogP contribution in [0.25, 0.3) is 21.5 Å². The summed E-state index contributed by atoms with van der Waals surface area (Å²) in [7, 11) is 0. The molecule has 2 aliphatic carbocycles. The monoisotopic (exact) mass is 576 g/mol. The van der Waals surface area contributed by atoms with E-state index in [1.54, 1.807) is 0 Å². The van der Waals surface area contributed by atoms with E-state index < -0.39 is 0 Å². The van der Waals surface area contributed by atoms with Gasteiger partial charge in [0.15, 0.2) is 0 Å². The van der Waals surface area contributed by atoms with E-state index in [4.69, 9.17) is 0 Å². The largest absolute Gasteiger partial charge is 0.333 e. The van der Waals surface area contributed by atoms with Gasteiger partial charge in [0.05, 0.1) is 22.5 Å². The maximum Gasteiger partial charge on any atom is 0.0577 e. The number of anilines is 4. The summed E-state index contributed by atoms with van der Waals surface area (Å²) < 4.78 is 0. The van der Waals surface area contributed by atoms with Gasteiger partial charge < -0.3 is 9.80 Å². The first-order valence-electron chi connectivity index (χ1n) is 17.1. The van der Waals surface area contributed by atoms with Crippen LogP contribution in [0.4, 0.5) is 22.7 Å². The van der Waals surface area contributed by atoms with Crippen LogP contribution in [0.5, 0.6) is 0 Å². The topological polar surface area (TPSA) is 6.48 Å². The summed E-state index contributed by atoms with van der Waals surface area (Å²) >= 11 is 0. The van der Waals surface area contributed by atoms with Gasteiger partial charge in [-0.2, -0.15) is 0 Å². The molecule has 0 amide bonds. The molecule has 4 unspecified atom stereocenters.